The summed E-state index contributed by atoms with van der Waals surface area (Å²) in [6, 6.07) is 10.3. The van der Waals surface area contributed by atoms with Crippen molar-refractivity contribution < 1.29 is 23.4 Å². The van der Waals surface area contributed by atoms with Crippen LogP contribution < -0.4 is 25.2 Å². The van der Waals surface area contributed by atoms with Gasteiger partial charge in [0.05, 0.1) is 21.3 Å². The number of hydrogen-bond donors (Lipinski definition) is 1. The predicted octanol–water partition coefficient (Wildman–Crippen LogP) is 3.70. The molecule has 0 aliphatic carbocycles. The first kappa shape index (κ1) is 21.2. The number of benzene rings is 2. The summed E-state index contributed by atoms with van der Waals surface area (Å²) in [4.78, 5) is 24.7. The number of amides is 1. The van der Waals surface area contributed by atoms with Crippen LogP contribution in [0.4, 0.5) is 0 Å². The van der Waals surface area contributed by atoms with Gasteiger partial charge in [0.25, 0.3) is 5.91 Å². The van der Waals surface area contributed by atoms with Crippen LogP contribution in [-0.4, -0.2) is 27.2 Å². The third-order valence-electron chi connectivity index (χ3n) is 4.80. The molecule has 0 saturated carbocycles. The van der Waals surface area contributed by atoms with Crippen molar-refractivity contribution >= 4 is 16.9 Å². The quantitative estimate of drug-likeness (QED) is 0.569. The zero-order chi connectivity index (χ0) is 21.7. The van der Waals surface area contributed by atoms with E-state index in [0.717, 1.165) is 23.8 Å². The zero-order valence-corrected chi connectivity index (χ0v) is 17.5. The van der Waals surface area contributed by atoms with E-state index in [-0.39, 0.29) is 12.5 Å². The highest BCUT2D eigenvalue weighted by Crippen LogP contribution is 2.38. The van der Waals surface area contributed by atoms with Gasteiger partial charge in [-0.25, -0.2) is 4.79 Å². The minimum atomic E-state index is -0.456. The third kappa shape index (κ3) is 4.40. The van der Waals surface area contributed by atoms with Gasteiger partial charge in [0.2, 0.25) is 5.75 Å². The van der Waals surface area contributed by atoms with Crippen molar-refractivity contribution in [3.05, 3.63) is 63.5 Å². The van der Waals surface area contributed by atoms with Gasteiger partial charge in [0.1, 0.15) is 5.58 Å². The standard InChI is InChI=1S/C23H25NO6/c1-5-6-14-7-8-18-17(9-14)16(12-21(25)30-18)13-24-23(26)15-10-19(27-2)22(29-4)20(11-15)28-3/h7-12H,5-6,13H2,1-4H3,(H,24,26). The van der Waals surface area contributed by atoms with Crippen molar-refractivity contribution in [3.63, 3.8) is 0 Å². The van der Waals surface area contributed by atoms with Crippen molar-refractivity contribution in [1.29, 1.82) is 0 Å². The molecule has 158 valence electrons. The minimum absolute atomic E-state index is 0.174. The fourth-order valence-corrected chi connectivity index (χ4v) is 3.36. The molecule has 0 radical (unpaired) electrons. The van der Waals surface area contributed by atoms with E-state index in [9.17, 15) is 9.59 Å². The molecular weight excluding hydrogens is 386 g/mol. The molecule has 0 aliphatic rings. The van der Waals surface area contributed by atoms with Gasteiger partial charge in [-0.3, -0.25) is 4.79 Å². The van der Waals surface area contributed by atoms with E-state index in [4.69, 9.17) is 18.6 Å². The SMILES string of the molecule is CCCc1ccc2oc(=O)cc(CNC(=O)c3cc(OC)c(OC)c(OC)c3)c2c1. The van der Waals surface area contributed by atoms with E-state index in [1.54, 1.807) is 18.2 Å². The maximum absolute atomic E-state index is 12.8. The average molecular weight is 411 g/mol. The molecule has 30 heavy (non-hydrogen) atoms. The molecule has 0 aliphatic heterocycles. The average Bonchev–Trinajstić information content (AvgIpc) is 2.76. The van der Waals surface area contributed by atoms with E-state index < -0.39 is 5.63 Å². The number of ether oxygens (including phenoxy) is 3. The van der Waals surface area contributed by atoms with Gasteiger partial charge in [-0.15, -0.1) is 0 Å². The second-order valence-electron chi connectivity index (χ2n) is 6.77. The lowest BCUT2D eigenvalue weighted by Crippen LogP contribution is -2.23. The molecule has 7 heteroatoms. The van der Waals surface area contributed by atoms with E-state index in [2.05, 4.69) is 12.2 Å². The molecule has 1 heterocycles. The van der Waals surface area contributed by atoms with Crippen molar-refractivity contribution in [3.8, 4) is 17.2 Å². The summed E-state index contributed by atoms with van der Waals surface area (Å²) in [5.74, 6) is 0.848. The van der Waals surface area contributed by atoms with Crippen LogP contribution >= 0.6 is 0 Å². The molecule has 7 nitrogen and oxygen atoms in total. The summed E-state index contributed by atoms with van der Waals surface area (Å²) in [6.07, 6.45) is 1.93. The van der Waals surface area contributed by atoms with Crippen LogP contribution in [-0.2, 0) is 13.0 Å². The van der Waals surface area contributed by atoms with Gasteiger partial charge in [0, 0.05) is 23.6 Å². The first-order chi connectivity index (χ1) is 14.5. The number of methoxy groups -OCH3 is 3. The summed E-state index contributed by atoms with van der Waals surface area (Å²) < 4.78 is 21.2. The van der Waals surface area contributed by atoms with Gasteiger partial charge in [-0.1, -0.05) is 19.4 Å². The van der Waals surface area contributed by atoms with Gasteiger partial charge in [0.15, 0.2) is 11.5 Å². The molecule has 0 saturated heterocycles. The number of hydrogen-bond acceptors (Lipinski definition) is 6. The second-order valence-corrected chi connectivity index (χ2v) is 6.77. The fourth-order valence-electron chi connectivity index (χ4n) is 3.36. The highest BCUT2D eigenvalue weighted by molar-refractivity contribution is 5.96. The van der Waals surface area contributed by atoms with E-state index >= 15 is 0 Å². The molecule has 0 fully saturated rings. The topological polar surface area (TPSA) is 87.0 Å². The third-order valence-corrected chi connectivity index (χ3v) is 4.80. The Bertz CT molecular complexity index is 1090. The predicted molar refractivity (Wildman–Crippen MR) is 114 cm³/mol. The number of fused-ring (bicyclic) bond motifs is 1. The molecule has 3 rings (SSSR count). The summed E-state index contributed by atoms with van der Waals surface area (Å²) >= 11 is 0. The van der Waals surface area contributed by atoms with Crippen molar-refractivity contribution in [2.45, 2.75) is 26.3 Å². The molecular formula is C23H25NO6. The Morgan fingerprint density at radius 1 is 1.00 bits per heavy atom. The van der Waals surface area contributed by atoms with Crippen LogP contribution in [0.2, 0.25) is 0 Å². The second kappa shape index (κ2) is 9.35. The first-order valence-electron chi connectivity index (χ1n) is 9.64. The Hall–Kier alpha value is -3.48. The van der Waals surface area contributed by atoms with Gasteiger partial charge in [-0.05, 0) is 41.8 Å². The van der Waals surface area contributed by atoms with E-state index in [0.29, 0.717) is 34.0 Å². The molecule has 0 atom stereocenters. The Labute approximate surface area is 174 Å². The number of carbonyl (C=O) groups excluding carboxylic acids is 1. The van der Waals surface area contributed by atoms with Crippen LogP contribution in [0.15, 0.2) is 45.6 Å². The first-order valence-corrected chi connectivity index (χ1v) is 9.64. The summed E-state index contributed by atoms with van der Waals surface area (Å²) in [7, 11) is 4.48. The monoisotopic (exact) mass is 411 g/mol. The van der Waals surface area contributed by atoms with Crippen molar-refractivity contribution in [2.24, 2.45) is 0 Å². The normalized spacial score (nSPS) is 10.7. The maximum Gasteiger partial charge on any atom is 0.336 e. The van der Waals surface area contributed by atoms with Crippen LogP contribution in [0.1, 0.15) is 34.8 Å². The van der Waals surface area contributed by atoms with E-state index in [1.165, 1.54) is 27.4 Å². The van der Waals surface area contributed by atoms with Crippen molar-refractivity contribution in [1.82, 2.24) is 5.32 Å². The number of aryl methyl sites for hydroxylation is 1. The Morgan fingerprint density at radius 3 is 2.30 bits per heavy atom. The van der Waals surface area contributed by atoms with Crippen LogP contribution in [0.5, 0.6) is 17.2 Å². The maximum atomic E-state index is 12.8. The number of rotatable bonds is 8. The lowest BCUT2D eigenvalue weighted by molar-refractivity contribution is 0.0950. The van der Waals surface area contributed by atoms with Gasteiger partial charge < -0.3 is 23.9 Å². The molecule has 0 unspecified atom stereocenters. The molecule has 3 aromatic rings. The Balaban J connectivity index is 1.90. The zero-order valence-electron chi connectivity index (χ0n) is 17.5. The molecule has 1 amide bonds. The summed E-state index contributed by atoms with van der Waals surface area (Å²) in [5.41, 5.74) is 2.24. The van der Waals surface area contributed by atoms with Gasteiger partial charge >= 0.3 is 5.63 Å². The molecule has 1 N–H and O–H groups in total. The smallest absolute Gasteiger partial charge is 0.336 e. The number of carbonyl (C=O) groups is 1. The van der Waals surface area contributed by atoms with Crippen LogP contribution in [0.25, 0.3) is 11.0 Å². The van der Waals surface area contributed by atoms with Gasteiger partial charge in [-0.2, -0.15) is 0 Å². The number of nitrogens with one attached hydrogen (secondary N) is 1. The Kier molecular flexibility index (Phi) is 6.61. The molecule has 2 aromatic carbocycles. The summed E-state index contributed by atoms with van der Waals surface area (Å²) in [5, 5.41) is 3.67. The molecule has 0 spiro atoms. The fraction of sp³-hybridized carbons (Fsp3) is 0.304. The minimum Gasteiger partial charge on any atom is -0.493 e. The summed E-state index contributed by atoms with van der Waals surface area (Å²) in [6.45, 7) is 2.28. The Morgan fingerprint density at radius 2 is 1.70 bits per heavy atom. The highest BCUT2D eigenvalue weighted by Gasteiger charge is 2.17. The highest BCUT2D eigenvalue weighted by atomic mass is 16.5. The van der Waals surface area contributed by atoms with Crippen molar-refractivity contribution in [2.75, 3.05) is 21.3 Å². The largest absolute Gasteiger partial charge is 0.493 e. The van der Waals surface area contributed by atoms with Crippen LogP contribution in [0.3, 0.4) is 0 Å². The lowest BCUT2D eigenvalue weighted by Gasteiger charge is -2.14. The lowest BCUT2D eigenvalue weighted by atomic mass is 10.0. The van der Waals surface area contributed by atoms with E-state index in [1.807, 2.05) is 12.1 Å². The molecule has 1 aromatic heterocycles. The molecule has 0 bridgehead atoms. The van der Waals surface area contributed by atoms with Crippen LogP contribution in [0, 0.1) is 0 Å².